The lowest BCUT2D eigenvalue weighted by molar-refractivity contribution is -0.134. The molecule has 5 aromatic heterocycles. The van der Waals surface area contributed by atoms with E-state index in [1.807, 2.05) is 48.8 Å². The molecule has 57 heavy (non-hydrogen) atoms. The standard InChI is InChI=1S/C41H46N12O3S/c1-25(24-56-2)46-34-16-35(36-8-6-29-15-27(17-42)18-45-53(29)36)43-20-33(34)40-48-49-41(57-40)51-22-30-4-5-31(23-51)52(30)21-26-11-13-50(14-12-26)37-9-3-28(19-44-37)32-7-10-38(54)47-39(32)55/h3,6,8-9,15-16,18-20,25-26,30-32H,4-5,7,10-14,21-24H2,1-2H3,(H,43,46)(H,47,54,55)/t25-,30?,31?,32-/m1/s1. The highest BCUT2D eigenvalue weighted by molar-refractivity contribution is 7.18. The molecule has 2 N–H and O–H groups in total. The van der Waals surface area contributed by atoms with Gasteiger partial charge >= 0.3 is 0 Å². The third-order valence-corrected chi connectivity index (χ3v) is 13.0. The van der Waals surface area contributed by atoms with Crippen molar-refractivity contribution >= 4 is 45.3 Å². The fraction of sp³-hybridized carbons (Fsp3) is 0.463. The molecule has 4 aliphatic heterocycles. The predicted molar refractivity (Wildman–Crippen MR) is 217 cm³/mol. The van der Waals surface area contributed by atoms with Gasteiger partial charge in [0.1, 0.15) is 11.9 Å². The fourth-order valence-corrected chi connectivity index (χ4v) is 9.93. The van der Waals surface area contributed by atoms with Crippen LogP contribution >= 0.6 is 11.3 Å². The highest BCUT2D eigenvalue weighted by Gasteiger charge is 2.42. The second-order valence-corrected chi connectivity index (χ2v) is 16.7. The Balaban J connectivity index is 0.838. The van der Waals surface area contributed by atoms with E-state index in [0.717, 1.165) is 95.2 Å². The first-order valence-corrected chi connectivity index (χ1v) is 20.7. The van der Waals surface area contributed by atoms with Crippen molar-refractivity contribution in [2.45, 2.75) is 69.5 Å². The van der Waals surface area contributed by atoms with E-state index in [2.05, 4.69) is 43.4 Å². The maximum Gasteiger partial charge on any atom is 0.234 e. The Hall–Kier alpha value is -5.50. The van der Waals surface area contributed by atoms with Gasteiger partial charge in [0.15, 0.2) is 5.01 Å². The van der Waals surface area contributed by atoms with E-state index < -0.39 is 0 Å². The topological polar surface area (TPSA) is 170 Å². The van der Waals surface area contributed by atoms with Gasteiger partial charge in [0, 0.05) is 82.5 Å². The summed E-state index contributed by atoms with van der Waals surface area (Å²) < 4.78 is 7.24. The number of nitrogens with zero attached hydrogens (tertiary/aromatic N) is 10. The molecule has 4 fully saturated rings. The molecule has 4 aliphatic rings. The molecular weight excluding hydrogens is 741 g/mol. The van der Waals surface area contributed by atoms with Crippen molar-refractivity contribution in [2.75, 3.05) is 61.6 Å². The second kappa shape index (κ2) is 15.8. The van der Waals surface area contributed by atoms with E-state index in [1.54, 1.807) is 29.2 Å². The van der Waals surface area contributed by atoms with E-state index in [4.69, 9.17) is 24.9 Å². The lowest BCUT2D eigenvalue weighted by Gasteiger charge is -2.43. The van der Waals surface area contributed by atoms with Gasteiger partial charge in [-0.1, -0.05) is 17.4 Å². The summed E-state index contributed by atoms with van der Waals surface area (Å²) in [7, 11) is 1.70. The first-order chi connectivity index (χ1) is 27.8. The summed E-state index contributed by atoms with van der Waals surface area (Å²) in [4.78, 5) is 41.1. The monoisotopic (exact) mass is 786 g/mol. The maximum absolute atomic E-state index is 12.3. The number of carbonyl (C=O) groups excluding carboxylic acids is 2. The number of carbonyl (C=O) groups is 2. The summed E-state index contributed by atoms with van der Waals surface area (Å²) in [5.74, 6) is 0.869. The zero-order chi connectivity index (χ0) is 39.0. The summed E-state index contributed by atoms with van der Waals surface area (Å²) in [5, 5.41) is 31.1. The van der Waals surface area contributed by atoms with E-state index in [9.17, 15) is 14.9 Å². The average Bonchev–Trinajstić information content (AvgIpc) is 3.94. The lowest BCUT2D eigenvalue weighted by Crippen LogP contribution is -2.55. The van der Waals surface area contributed by atoms with Crippen LogP contribution in [0, 0.1) is 17.2 Å². The SMILES string of the molecule is COC[C@@H](C)Nc1cc(-c2ccc3cc(C#N)cnn23)ncc1-c1nnc(N2CC3CCC(C2)N3CC2CCN(c3ccc([C@H]4CCC(=O)NC4=O)cn3)CC2)s1. The molecule has 4 atom stereocenters. The van der Waals surface area contributed by atoms with Crippen LogP contribution in [-0.4, -0.2) is 111 Å². The molecule has 2 unspecified atom stereocenters. The van der Waals surface area contributed by atoms with Crippen LogP contribution in [-0.2, 0) is 14.3 Å². The Morgan fingerprint density at radius 1 is 0.982 bits per heavy atom. The van der Waals surface area contributed by atoms with Crippen LogP contribution in [0.2, 0.25) is 0 Å². The third kappa shape index (κ3) is 7.54. The molecule has 0 spiro atoms. The molecule has 4 saturated heterocycles. The van der Waals surface area contributed by atoms with Crippen molar-refractivity contribution in [3.05, 3.63) is 66.1 Å². The highest BCUT2D eigenvalue weighted by atomic mass is 32.1. The number of imide groups is 1. The van der Waals surface area contributed by atoms with Gasteiger partial charge in [-0.3, -0.25) is 24.8 Å². The van der Waals surface area contributed by atoms with Crippen LogP contribution in [0.25, 0.3) is 27.5 Å². The minimum Gasteiger partial charge on any atom is -0.383 e. The Labute approximate surface area is 335 Å². The molecule has 9 heterocycles. The second-order valence-electron chi connectivity index (χ2n) is 15.8. The minimum atomic E-state index is -0.308. The number of rotatable bonds is 11. The van der Waals surface area contributed by atoms with Crippen molar-refractivity contribution in [1.82, 2.24) is 40.0 Å². The van der Waals surface area contributed by atoms with Gasteiger partial charge in [-0.05, 0) is 80.8 Å². The van der Waals surface area contributed by atoms with Gasteiger partial charge in [-0.15, -0.1) is 10.2 Å². The van der Waals surface area contributed by atoms with E-state index >= 15 is 0 Å². The van der Waals surface area contributed by atoms with Gasteiger partial charge in [-0.2, -0.15) is 10.4 Å². The number of piperidine rings is 2. The summed E-state index contributed by atoms with van der Waals surface area (Å²) in [6, 6.07) is 15.0. The summed E-state index contributed by atoms with van der Waals surface area (Å²) in [6.45, 7) is 7.58. The molecule has 2 bridgehead atoms. The lowest BCUT2D eigenvalue weighted by atomic mass is 9.91. The molecule has 0 radical (unpaired) electrons. The number of hydrogen-bond acceptors (Lipinski definition) is 14. The van der Waals surface area contributed by atoms with E-state index in [1.165, 1.54) is 12.8 Å². The molecule has 9 rings (SSSR count). The van der Waals surface area contributed by atoms with Crippen molar-refractivity contribution < 1.29 is 14.3 Å². The molecule has 0 aromatic carbocycles. The number of methoxy groups -OCH3 is 1. The normalized spacial score (nSPS) is 22.2. The number of ether oxygens (including phenoxy) is 1. The van der Waals surface area contributed by atoms with Crippen LogP contribution in [0.5, 0.6) is 0 Å². The third-order valence-electron chi connectivity index (χ3n) is 12.0. The smallest absolute Gasteiger partial charge is 0.234 e. The van der Waals surface area contributed by atoms with Crippen LogP contribution in [0.4, 0.5) is 16.6 Å². The molecule has 2 amide bonds. The maximum atomic E-state index is 12.3. The first-order valence-electron chi connectivity index (χ1n) is 19.9. The molecule has 5 aromatic rings. The van der Waals surface area contributed by atoms with Crippen LogP contribution < -0.4 is 20.4 Å². The summed E-state index contributed by atoms with van der Waals surface area (Å²) >= 11 is 1.61. The molecule has 16 heteroatoms. The average molecular weight is 787 g/mol. The Morgan fingerprint density at radius 3 is 2.54 bits per heavy atom. The molecule has 294 valence electrons. The molecular formula is C41H46N12O3S. The number of piperazine rings is 1. The van der Waals surface area contributed by atoms with Crippen molar-refractivity contribution in [3.8, 4) is 28.0 Å². The zero-order valence-electron chi connectivity index (χ0n) is 32.2. The summed E-state index contributed by atoms with van der Waals surface area (Å²) in [5.41, 5.74) is 5.58. The van der Waals surface area contributed by atoms with Crippen LogP contribution in [0.1, 0.15) is 62.5 Å². The van der Waals surface area contributed by atoms with Crippen molar-refractivity contribution in [1.29, 1.82) is 5.26 Å². The first kappa shape index (κ1) is 37.1. The van der Waals surface area contributed by atoms with Crippen LogP contribution in [0.15, 0.2) is 55.0 Å². The van der Waals surface area contributed by atoms with E-state index in [0.29, 0.717) is 43.0 Å². The van der Waals surface area contributed by atoms with Gasteiger partial charge in [0.25, 0.3) is 0 Å². The number of amides is 2. The molecule has 0 aliphatic carbocycles. The Kier molecular flexibility index (Phi) is 10.3. The van der Waals surface area contributed by atoms with Gasteiger partial charge < -0.3 is 19.9 Å². The van der Waals surface area contributed by atoms with Crippen molar-refractivity contribution in [2.24, 2.45) is 5.92 Å². The number of aromatic nitrogens is 6. The van der Waals surface area contributed by atoms with Crippen molar-refractivity contribution in [3.63, 3.8) is 0 Å². The minimum absolute atomic E-state index is 0.0442. The quantitative estimate of drug-likeness (QED) is 0.177. The Bertz CT molecular complexity index is 2300. The number of fused-ring (bicyclic) bond motifs is 3. The number of hydrogen-bond donors (Lipinski definition) is 2. The zero-order valence-corrected chi connectivity index (χ0v) is 33.0. The largest absolute Gasteiger partial charge is 0.383 e. The fourth-order valence-electron chi connectivity index (χ4n) is 9.04. The number of anilines is 3. The van der Waals surface area contributed by atoms with Gasteiger partial charge in [0.05, 0.1) is 46.8 Å². The van der Waals surface area contributed by atoms with Gasteiger partial charge in [0.2, 0.25) is 16.9 Å². The van der Waals surface area contributed by atoms with Gasteiger partial charge in [-0.25, -0.2) is 9.50 Å². The molecule has 15 nitrogen and oxygen atoms in total. The predicted octanol–water partition coefficient (Wildman–Crippen LogP) is 4.72. The highest BCUT2D eigenvalue weighted by Crippen LogP contribution is 2.39. The number of nitrogens with one attached hydrogen (secondary N) is 2. The number of pyridine rings is 2. The summed E-state index contributed by atoms with van der Waals surface area (Å²) in [6.07, 6.45) is 10.8. The van der Waals surface area contributed by atoms with E-state index in [-0.39, 0.29) is 23.8 Å². The number of nitriles is 1. The van der Waals surface area contributed by atoms with Crippen LogP contribution in [0.3, 0.4) is 0 Å². The Morgan fingerprint density at radius 2 is 1.81 bits per heavy atom. The molecule has 0 saturated carbocycles.